The molecule has 0 radical (unpaired) electrons. The van der Waals surface area contributed by atoms with Crippen LogP contribution in [0.25, 0.3) is 11.1 Å². The third kappa shape index (κ3) is 4.19. The van der Waals surface area contributed by atoms with E-state index in [0.29, 0.717) is 18.2 Å². The second-order valence-electron chi connectivity index (χ2n) is 7.94. The van der Waals surface area contributed by atoms with Crippen LogP contribution in [0, 0.1) is 5.92 Å². The first-order valence-corrected chi connectivity index (χ1v) is 11.2. The van der Waals surface area contributed by atoms with E-state index in [-0.39, 0.29) is 5.91 Å². The Bertz CT molecular complexity index is 969. The van der Waals surface area contributed by atoms with Gasteiger partial charge in [-0.3, -0.25) is 4.79 Å². The molecule has 150 valence electrons. The lowest BCUT2D eigenvalue weighted by Crippen LogP contribution is -2.25. The van der Waals surface area contributed by atoms with Crippen molar-refractivity contribution in [1.29, 1.82) is 0 Å². The molecule has 7 heteroatoms. The predicted molar refractivity (Wildman–Crippen MR) is 115 cm³/mol. The van der Waals surface area contributed by atoms with Crippen molar-refractivity contribution in [1.82, 2.24) is 19.9 Å². The highest BCUT2D eigenvalue weighted by Crippen LogP contribution is 2.32. The Labute approximate surface area is 174 Å². The topological polar surface area (TPSA) is 63.1 Å². The standard InChI is InChI=1S/C22H25N5OS/c28-21(23-13-19-4-3-9-29-19)20-10-17(15-27(20)14-16-5-6-16)18-11-24-22(25-12-18)26-7-1-2-8-26/h3-4,9-12,15-16H,1-2,5-8,13-14H2,(H,23,28). The minimum atomic E-state index is -0.0279. The van der Waals surface area contributed by atoms with E-state index in [9.17, 15) is 4.79 Å². The zero-order valence-electron chi connectivity index (χ0n) is 16.4. The maximum atomic E-state index is 12.9. The van der Waals surface area contributed by atoms with Crippen molar-refractivity contribution in [3.8, 4) is 11.1 Å². The minimum Gasteiger partial charge on any atom is -0.346 e. The first-order chi connectivity index (χ1) is 14.3. The molecule has 5 rings (SSSR count). The number of carbonyl (C=O) groups is 1. The fourth-order valence-corrected chi connectivity index (χ4v) is 4.45. The molecule has 1 N–H and O–H groups in total. The molecule has 1 saturated heterocycles. The van der Waals surface area contributed by atoms with Crippen LogP contribution in [0.5, 0.6) is 0 Å². The number of aromatic nitrogens is 3. The normalized spacial score (nSPS) is 16.3. The van der Waals surface area contributed by atoms with Crippen molar-refractivity contribution >= 4 is 23.2 Å². The number of thiophene rings is 1. The molecule has 29 heavy (non-hydrogen) atoms. The average molecular weight is 408 g/mol. The van der Waals surface area contributed by atoms with Gasteiger partial charge in [0.25, 0.3) is 5.91 Å². The summed E-state index contributed by atoms with van der Waals surface area (Å²) < 4.78 is 2.10. The number of nitrogens with zero attached hydrogens (tertiary/aromatic N) is 4. The van der Waals surface area contributed by atoms with Crippen LogP contribution < -0.4 is 10.2 Å². The Kier molecular flexibility index (Phi) is 5.06. The van der Waals surface area contributed by atoms with Gasteiger partial charge in [0.2, 0.25) is 5.95 Å². The Morgan fingerprint density at radius 3 is 2.66 bits per heavy atom. The summed E-state index contributed by atoms with van der Waals surface area (Å²) in [5.41, 5.74) is 2.67. The lowest BCUT2D eigenvalue weighted by molar-refractivity contribution is 0.0941. The molecule has 6 nitrogen and oxygen atoms in total. The molecule has 1 saturated carbocycles. The van der Waals surface area contributed by atoms with E-state index in [2.05, 4.69) is 30.9 Å². The van der Waals surface area contributed by atoms with E-state index < -0.39 is 0 Å². The van der Waals surface area contributed by atoms with Crippen molar-refractivity contribution < 1.29 is 4.79 Å². The van der Waals surface area contributed by atoms with Crippen molar-refractivity contribution in [2.75, 3.05) is 18.0 Å². The van der Waals surface area contributed by atoms with Crippen LogP contribution in [0.4, 0.5) is 5.95 Å². The molecule has 1 aliphatic heterocycles. The van der Waals surface area contributed by atoms with Crippen LogP contribution in [0.3, 0.4) is 0 Å². The van der Waals surface area contributed by atoms with Crippen molar-refractivity contribution in [2.45, 2.75) is 38.8 Å². The van der Waals surface area contributed by atoms with E-state index in [0.717, 1.165) is 41.6 Å². The van der Waals surface area contributed by atoms with Gasteiger partial charge in [-0.25, -0.2) is 9.97 Å². The summed E-state index contributed by atoms with van der Waals surface area (Å²) in [5.74, 6) is 1.46. The van der Waals surface area contributed by atoms with Crippen molar-refractivity contribution in [2.24, 2.45) is 5.92 Å². The summed E-state index contributed by atoms with van der Waals surface area (Å²) in [7, 11) is 0. The zero-order chi connectivity index (χ0) is 19.6. The van der Waals surface area contributed by atoms with E-state index >= 15 is 0 Å². The lowest BCUT2D eigenvalue weighted by atomic mass is 10.2. The third-order valence-corrected chi connectivity index (χ3v) is 6.52. The first kappa shape index (κ1) is 18.4. The smallest absolute Gasteiger partial charge is 0.268 e. The van der Waals surface area contributed by atoms with E-state index in [1.807, 2.05) is 36.0 Å². The highest BCUT2D eigenvalue weighted by atomic mass is 32.1. The second-order valence-corrected chi connectivity index (χ2v) is 8.97. The van der Waals surface area contributed by atoms with Crippen LogP contribution in [-0.4, -0.2) is 33.5 Å². The van der Waals surface area contributed by atoms with Crippen LogP contribution in [-0.2, 0) is 13.1 Å². The summed E-state index contributed by atoms with van der Waals surface area (Å²) in [6.07, 6.45) is 10.7. The van der Waals surface area contributed by atoms with Gasteiger partial charge in [-0.1, -0.05) is 6.07 Å². The maximum Gasteiger partial charge on any atom is 0.268 e. The van der Waals surface area contributed by atoms with Gasteiger partial charge in [0.1, 0.15) is 5.69 Å². The van der Waals surface area contributed by atoms with Gasteiger partial charge in [-0.2, -0.15) is 0 Å². The highest BCUT2D eigenvalue weighted by molar-refractivity contribution is 7.09. The summed E-state index contributed by atoms with van der Waals surface area (Å²) in [6, 6.07) is 6.02. The van der Waals surface area contributed by atoms with Crippen LogP contribution in [0.1, 0.15) is 41.0 Å². The van der Waals surface area contributed by atoms with Crippen LogP contribution in [0.15, 0.2) is 42.2 Å². The molecule has 3 aromatic rings. The molecular weight excluding hydrogens is 382 g/mol. The lowest BCUT2D eigenvalue weighted by Gasteiger charge is -2.14. The summed E-state index contributed by atoms with van der Waals surface area (Å²) in [4.78, 5) is 25.4. The molecule has 0 unspecified atom stereocenters. The largest absolute Gasteiger partial charge is 0.346 e. The van der Waals surface area contributed by atoms with Gasteiger partial charge in [0, 0.05) is 54.2 Å². The van der Waals surface area contributed by atoms with E-state index in [4.69, 9.17) is 0 Å². The molecule has 1 amide bonds. The van der Waals surface area contributed by atoms with Crippen molar-refractivity contribution in [3.05, 3.63) is 52.7 Å². The Hall–Kier alpha value is -2.67. The second kappa shape index (κ2) is 7.99. The quantitative estimate of drug-likeness (QED) is 0.644. The number of hydrogen-bond donors (Lipinski definition) is 1. The molecule has 1 aliphatic carbocycles. The summed E-state index contributed by atoms with van der Waals surface area (Å²) >= 11 is 1.66. The fourth-order valence-electron chi connectivity index (χ4n) is 3.81. The molecule has 4 heterocycles. The van der Waals surface area contributed by atoms with Gasteiger partial charge < -0.3 is 14.8 Å². The SMILES string of the molecule is O=C(NCc1cccs1)c1cc(-c2cnc(N3CCCC3)nc2)cn1CC1CC1. The maximum absolute atomic E-state index is 12.9. The van der Waals surface area contributed by atoms with Gasteiger partial charge in [-0.05, 0) is 49.1 Å². The van der Waals surface area contributed by atoms with E-state index in [1.54, 1.807) is 11.3 Å². The predicted octanol–water partition coefficient (Wildman–Crippen LogP) is 3.95. The molecule has 2 aliphatic rings. The molecule has 2 fully saturated rings. The number of carbonyl (C=O) groups excluding carboxylic acids is 1. The van der Waals surface area contributed by atoms with Gasteiger partial charge in [0.15, 0.2) is 0 Å². The minimum absolute atomic E-state index is 0.0279. The molecule has 0 aromatic carbocycles. The Morgan fingerprint density at radius 1 is 1.17 bits per heavy atom. The first-order valence-electron chi connectivity index (χ1n) is 10.3. The number of rotatable bonds is 7. The molecule has 0 bridgehead atoms. The van der Waals surface area contributed by atoms with Gasteiger partial charge in [0.05, 0.1) is 6.54 Å². The average Bonchev–Trinajstić information content (AvgIpc) is 3.17. The van der Waals surface area contributed by atoms with Crippen LogP contribution in [0.2, 0.25) is 0 Å². The fraction of sp³-hybridized carbons (Fsp3) is 0.409. The molecule has 3 aromatic heterocycles. The molecular formula is C22H25N5OS. The monoisotopic (exact) mass is 407 g/mol. The van der Waals surface area contributed by atoms with Crippen molar-refractivity contribution in [3.63, 3.8) is 0 Å². The summed E-state index contributed by atoms with van der Waals surface area (Å²) in [6.45, 7) is 3.53. The summed E-state index contributed by atoms with van der Waals surface area (Å²) in [5, 5.41) is 5.09. The van der Waals surface area contributed by atoms with Crippen LogP contribution >= 0.6 is 11.3 Å². The van der Waals surface area contributed by atoms with E-state index in [1.165, 1.54) is 25.7 Å². The van der Waals surface area contributed by atoms with Gasteiger partial charge in [-0.15, -0.1) is 11.3 Å². The molecule has 0 spiro atoms. The highest BCUT2D eigenvalue weighted by Gasteiger charge is 2.25. The Balaban J connectivity index is 1.36. The number of hydrogen-bond acceptors (Lipinski definition) is 5. The zero-order valence-corrected chi connectivity index (χ0v) is 17.2. The number of amides is 1. The third-order valence-electron chi connectivity index (χ3n) is 5.64. The number of nitrogens with one attached hydrogen (secondary N) is 1. The number of anilines is 1. The molecule has 0 atom stereocenters. The Morgan fingerprint density at radius 2 is 1.97 bits per heavy atom. The van der Waals surface area contributed by atoms with Gasteiger partial charge >= 0.3 is 0 Å².